The molecule has 0 aliphatic rings. The highest BCUT2D eigenvalue weighted by Gasteiger charge is 2.33. The fourth-order valence-corrected chi connectivity index (χ4v) is 2.12. The number of halogens is 4. The number of anilines is 2. The van der Waals surface area contributed by atoms with Crippen LogP contribution in [0.5, 0.6) is 0 Å². The van der Waals surface area contributed by atoms with Gasteiger partial charge in [0.1, 0.15) is 5.69 Å². The summed E-state index contributed by atoms with van der Waals surface area (Å²) in [5, 5.41) is 4.96. The molecular weight excluding hydrogens is 357 g/mol. The average molecular weight is 373 g/mol. The molecule has 0 aliphatic heterocycles. The number of hydrogen-bond donors (Lipinski definition) is 2. The third-order valence-corrected chi connectivity index (χ3v) is 3.74. The van der Waals surface area contributed by atoms with Gasteiger partial charge in [0.15, 0.2) is 0 Å². The van der Waals surface area contributed by atoms with Crippen molar-refractivity contribution >= 4 is 29.1 Å². The van der Waals surface area contributed by atoms with Gasteiger partial charge in [0, 0.05) is 17.9 Å². The van der Waals surface area contributed by atoms with Crippen LogP contribution in [0.1, 0.15) is 36.3 Å². The number of benzene rings is 1. The maximum absolute atomic E-state index is 12.9. The summed E-state index contributed by atoms with van der Waals surface area (Å²) in [4.78, 5) is 20.3. The van der Waals surface area contributed by atoms with Crippen LogP contribution >= 0.6 is 11.6 Å². The molecule has 1 amide bonds. The number of nitrogens with one attached hydrogen (secondary N) is 2. The van der Waals surface area contributed by atoms with Crippen LogP contribution in [0, 0.1) is 0 Å². The van der Waals surface area contributed by atoms with Crippen molar-refractivity contribution < 1.29 is 18.0 Å². The van der Waals surface area contributed by atoms with E-state index in [4.69, 9.17) is 11.6 Å². The summed E-state index contributed by atoms with van der Waals surface area (Å²) in [5.41, 5.74) is -1.02. The van der Waals surface area contributed by atoms with Crippen molar-refractivity contribution in [2.75, 3.05) is 10.6 Å². The van der Waals surface area contributed by atoms with Gasteiger partial charge in [-0.3, -0.25) is 4.79 Å². The van der Waals surface area contributed by atoms with Crippen LogP contribution in [0.3, 0.4) is 0 Å². The van der Waals surface area contributed by atoms with Crippen LogP contribution in [0.2, 0.25) is 5.02 Å². The van der Waals surface area contributed by atoms with Crippen LogP contribution < -0.4 is 10.6 Å². The van der Waals surface area contributed by atoms with Gasteiger partial charge in [-0.1, -0.05) is 18.5 Å². The molecule has 0 bridgehead atoms. The SMILES string of the molecule is CCC(C)Nc1nccc(C(=O)Nc2ccc(Cl)c(C(F)(F)F)c2)n1. The summed E-state index contributed by atoms with van der Waals surface area (Å²) >= 11 is 5.56. The van der Waals surface area contributed by atoms with Gasteiger partial charge in [0.25, 0.3) is 5.91 Å². The Morgan fingerprint density at radius 1 is 1.32 bits per heavy atom. The van der Waals surface area contributed by atoms with E-state index in [1.54, 1.807) is 0 Å². The first-order valence-corrected chi connectivity index (χ1v) is 7.86. The molecule has 1 unspecified atom stereocenters. The zero-order valence-electron chi connectivity index (χ0n) is 13.5. The number of aromatic nitrogens is 2. The molecule has 0 saturated carbocycles. The van der Waals surface area contributed by atoms with Gasteiger partial charge in [0.05, 0.1) is 10.6 Å². The Kier molecular flexibility index (Phi) is 5.84. The minimum Gasteiger partial charge on any atom is -0.352 e. The minimum atomic E-state index is -4.61. The summed E-state index contributed by atoms with van der Waals surface area (Å²) in [6.45, 7) is 3.91. The maximum Gasteiger partial charge on any atom is 0.417 e. The predicted molar refractivity (Wildman–Crippen MR) is 89.8 cm³/mol. The number of rotatable bonds is 5. The smallest absolute Gasteiger partial charge is 0.352 e. The first-order valence-electron chi connectivity index (χ1n) is 7.48. The van der Waals surface area contributed by atoms with E-state index in [2.05, 4.69) is 20.6 Å². The molecule has 2 N–H and O–H groups in total. The summed E-state index contributed by atoms with van der Waals surface area (Å²) in [5.74, 6) is -0.376. The molecule has 1 atom stereocenters. The quantitative estimate of drug-likeness (QED) is 0.804. The molecule has 9 heteroatoms. The molecule has 0 spiro atoms. The van der Waals surface area contributed by atoms with Gasteiger partial charge in [0.2, 0.25) is 5.95 Å². The lowest BCUT2D eigenvalue weighted by Crippen LogP contribution is -2.19. The van der Waals surface area contributed by atoms with Crippen molar-refractivity contribution in [3.8, 4) is 0 Å². The Morgan fingerprint density at radius 3 is 2.68 bits per heavy atom. The highest BCUT2D eigenvalue weighted by atomic mass is 35.5. The third kappa shape index (κ3) is 5.06. The van der Waals surface area contributed by atoms with Gasteiger partial charge in [-0.2, -0.15) is 13.2 Å². The van der Waals surface area contributed by atoms with E-state index in [-0.39, 0.29) is 23.4 Å². The van der Waals surface area contributed by atoms with E-state index < -0.39 is 22.7 Å². The molecule has 1 heterocycles. The Balaban J connectivity index is 2.19. The number of amides is 1. The molecule has 0 aliphatic carbocycles. The van der Waals surface area contributed by atoms with E-state index >= 15 is 0 Å². The molecule has 5 nitrogen and oxygen atoms in total. The first-order chi connectivity index (χ1) is 11.7. The highest BCUT2D eigenvalue weighted by molar-refractivity contribution is 6.31. The Labute approximate surface area is 147 Å². The van der Waals surface area contributed by atoms with Gasteiger partial charge in [-0.05, 0) is 37.6 Å². The number of alkyl halides is 3. The Bertz CT molecular complexity index is 767. The molecule has 134 valence electrons. The summed E-state index contributed by atoms with van der Waals surface area (Å²) in [6.07, 6.45) is -2.37. The van der Waals surface area contributed by atoms with E-state index in [9.17, 15) is 18.0 Å². The van der Waals surface area contributed by atoms with Gasteiger partial charge in [-0.15, -0.1) is 0 Å². The molecular formula is C16H16ClF3N4O. The largest absolute Gasteiger partial charge is 0.417 e. The van der Waals surface area contributed by atoms with E-state index in [1.807, 2.05) is 13.8 Å². The van der Waals surface area contributed by atoms with Crippen LogP contribution in [0.15, 0.2) is 30.5 Å². The second-order valence-electron chi connectivity index (χ2n) is 5.37. The zero-order chi connectivity index (χ0) is 18.6. The van der Waals surface area contributed by atoms with Gasteiger partial charge >= 0.3 is 6.18 Å². The summed E-state index contributed by atoms with van der Waals surface area (Å²) in [7, 11) is 0. The number of carbonyl (C=O) groups is 1. The van der Waals surface area contributed by atoms with E-state index in [1.165, 1.54) is 18.3 Å². The van der Waals surface area contributed by atoms with Crippen LogP contribution in [-0.4, -0.2) is 21.9 Å². The molecule has 0 fully saturated rings. The second kappa shape index (κ2) is 7.69. The van der Waals surface area contributed by atoms with Crippen molar-refractivity contribution in [3.05, 3.63) is 46.7 Å². The fourth-order valence-electron chi connectivity index (χ4n) is 1.89. The van der Waals surface area contributed by atoms with Crippen molar-refractivity contribution in [2.45, 2.75) is 32.5 Å². The molecule has 2 aromatic rings. The first kappa shape index (κ1) is 19.0. The lowest BCUT2D eigenvalue weighted by Gasteiger charge is -2.13. The number of nitrogens with zero attached hydrogens (tertiary/aromatic N) is 2. The normalized spacial score (nSPS) is 12.6. The summed E-state index contributed by atoms with van der Waals surface area (Å²) < 4.78 is 38.6. The lowest BCUT2D eigenvalue weighted by molar-refractivity contribution is -0.137. The molecule has 0 radical (unpaired) electrons. The second-order valence-corrected chi connectivity index (χ2v) is 5.77. The third-order valence-electron chi connectivity index (χ3n) is 3.41. The predicted octanol–water partition coefficient (Wildman–Crippen LogP) is 4.61. The molecule has 0 saturated heterocycles. The molecule has 1 aromatic heterocycles. The average Bonchev–Trinajstić information content (AvgIpc) is 2.55. The zero-order valence-corrected chi connectivity index (χ0v) is 14.2. The maximum atomic E-state index is 12.9. The highest BCUT2D eigenvalue weighted by Crippen LogP contribution is 2.36. The van der Waals surface area contributed by atoms with Crippen molar-refractivity contribution in [1.29, 1.82) is 0 Å². The van der Waals surface area contributed by atoms with Crippen LogP contribution in [0.25, 0.3) is 0 Å². The standard InChI is InChI=1S/C16H16ClF3N4O/c1-3-9(2)22-15-21-7-6-13(24-15)14(25)23-10-4-5-12(17)11(8-10)16(18,19)20/h4-9H,3H2,1-2H3,(H,23,25)(H,21,22,24). The Morgan fingerprint density at radius 2 is 2.04 bits per heavy atom. The van der Waals surface area contributed by atoms with E-state index in [0.29, 0.717) is 0 Å². The van der Waals surface area contributed by atoms with Crippen molar-refractivity contribution in [3.63, 3.8) is 0 Å². The van der Waals surface area contributed by atoms with Crippen molar-refractivity contribution in [2.24, 2.45) is 0 Å². The van der Waals surface area contributed by atoms with Crippen LogP contribution in [0.4, 0.5) is 24.8 Å². The number of carbonyl (C=O) groups excluding carboxylic acids is 1. The molecule has 2 rings (SSSR count). The van der Waals surface area contributed by atoms with Gasteiger partial charge in [-0.25, -0.2) is 9.97 Å². The van der Waals surface area contributed by atoms with Crippen molar-refractivity contribution in [1.82, 2.24) is 9.97 Å². The number of hydrogen-bond acceptors (Lipinski definition) is 4. The van der Waals surface area contributed by atoms with Gasteiger partial charge < -0.3 is 10.6 Å². The summed E-state index contributed by atoms with van der Waals surface area (Å²) in [6, 6.07) is 4.63. The van der Waals surface area contributed by atoms with E-state index in [0.717, 1.165) is 18.6 Å². The lowest BCUT2D eigenvalue weighted by atomic mass is 10.2. The topological polar surface area (TPSA) is 66.9 Å². The monoisotopic (exact) mass is 372 g/mol. The minimum absolute atomic E-state index is 0.0308. The van der Waals surface area contributed by atoms with Crippen LogP contribution in [-0.2, 0) is 6.18 Å². The molecule has 1 aromatic carbocycles. The fraction of sp³-hybridized carbons (Fsp3) is 0.312. The molecule has 25 heavy (non-hydrogen) atoms. The Hall–Kier alpha value is -2.35.